The van der Waals surface area contributed by atoms with Crippen molar-refractivity contribution in [1.29, 1.82) is 0 Å². The molecule has 1 fully saturated rings. The van der Waals surface area contributed by atoms with Gasteiger partial charge >= 0.3 is 6.03 Å². The predicted molar refractivity (Wildman–Crippen MR) is 106 cm³/mol. The van der Waals surface area contributed by atoms with Crippen molar-refractivity contribution >= 4 is 23.1 Å². The maximum atomic E-state index is 14.0. The molecular weight excluding hydrogens is 362 g/mol. The summed E-state index contributed by atoms with van der Waals surface area (Å²) in [5, 5.41) is 3.03. The van der Waals surface area contributed by atoms with E-state index in [1.165, 1.54) is 24.3 Å². The smallest absolute Gasteiger partial charge is 0.322 e. The fourth-order valence-electron chi connectivity index (χ4n) is 4.00. The summed E-state index contributed by atoms with van der Waals surface area (Å²) in [7, 11) is 2.08. The Morgan fingerprint density at radius 1 is 1.04 bits per heavy atom. The summed E-state index contributed by atoms with van der Waals surface area (Å²) in [6.07, 6.45) is 1.08. The summed E-state index contributed by atoms with van der Waals surface area (Å²) >= 11 is 0. The van der Waals surface area contributed by atoms with E-state index in [0.29, 0.717) is 36.9 Å². The Kier molecular flexibility index (Phi) is 5.17. The third-order valence-corrected chi connectivity index (χ3v) is 5.48. The van der Waals surface area contributed by atoms with Crippen molar-refractivity contribution in [3.63, 3.8) is 0 Å². The largest absolute Gasteiger partial charge is 0.338 e. The minimum atomic E-state index is -0.373. The van der Waals surface area contributed by atoms with Crippen molar-refractivity contribution < 1.29 is 13.6 Å². The molecule has 5 nitrogen and oxygen atoms in total. The summed E-state index contributed by atoms with van der Waals surface area (Å²) in [5.41, 5.74) is 2.02. The lowest BCUT2D eigenvalue weighted by Gasteiger charge is -2.37. The molecule has 148 valence electrons. The van der Waals surface area contributed by atoms with Crippen molar-refractivity contribution in [2.75, 3.05) is 49.6 Å². The summed E-state index contributed by atoms with van der Waals surface area (Å²) in [4.78, 5) is 18.6. The first-order chi connectivity index (χ1) is 13.5. The number of nitrogens with one attached hydrogen (secondary N) is 1. The number of benzene rings is 2. The van der Waals surface area contributed by atoms with Gasteiger partial charge in [0, 0.05) is 31.9 Å². The molecule has 1 N–H and O–H groups in total. The zero-order valence-corrected chi connectivity index (χ0v) is 15.9. The zero-order valence-electron chi connectivity index (χ0n) is 15.9. The lowest BCUT2D eigenvalue weighted by atomic mass is 10.1. The van der Waals surface area contributed by atoms with Crippen molar-refractivity contribution in [1.82, 2.24) is 10.2 Å². The summed E-state index contributed by atoms with van der Waals surface area (Å²) in [6, 6.07) is 10.3. The van der Waals surface area contributed by atoms with Crippen molar-refractivity contribution in [3.05, 3.63) is 54.1 Å². The Hall–Kier alpha value is -2.67. The van der Waals surface area contributed by atoms with E-state index in [4.69, 9.17) is 0 Å². The van der Waals surface area contributed by atoms with Crippen molar-refractivity contribution in [2.45, 2.75) is 6.42 Å². The summed E-state index contributed by atoms with van der Waals surface area (Å²) < 4.78 is 27.2. The molecule has 2 amide bonds. The molecule has 28 heavy (non-hydrogen) atoms. The van der Waals surface area contributed by atoms with Crippen molar-refractivity contribution in [3.8, 4) is 0 Å². The number of carbonyl (C=O) groups is 1. The zero-order chi connectivity index (χ0) is 19.7. The van der Waals surface area contributed by atoms with E-state index in [9.17, 15) is 13.6 Å². The maximum absolute atomic E-state index is 14.0. The molecule has 0 radical (unpaired) electrons. The van der Waals surface area contributed by atoms with E-state index in [1.807, 2.05) is 4.90 Å². The van der Waals surface area contributed by atoms with Crippen LogP contribution in [0.15, 0.2) is 42.5 Å². The Balaban J connectivity index is 1.54. The maximum Gasteiger partial charge on any atom is 0.322 e. The van der Waals surface area contributed by atoms with E-state index in [-0.39, 0.29) is 17.7 Å². The minimum Gasteiger partial charge on any atom is -0.338 e. The van der Waals surface area contributed by atoms with E-state index in [1.54, 1.807) is 23.1 Å². The molecular formula is C21H24F2N4O. The second-order valence-electron chi connectivity index (χ2n) is 7.52. The van der Waals surface area contributed by atoms with Gasteiger partial charge in [-0.3, -0.25) is 4.90 Å². The number of amides is 2. The highest BCUT2D eigenvalue weighted by Gasteiger charge is 2.29. The molecule has 2 aliphatic heterocycles. The normalized spacial score (nSPS) is 19.6. The SMILES string of the molecule is CN1CCC(CNC(=O)N2CCN(c3ccc(F)cc3)c3cc(F)ccc32)C1. The van der Waals surface area contributed by atoms with Crippen molar-refractivity contribution in [2.24, 2.45) is 5.92 Å². The molecule has 1 unspecified atom stereocenters. The second kappa shape index (κ2) is 7.75. The third kappa shape index (κ3) is 3.80. The number of hydrogen-bond donors (Lipinski definition) is 1. The minimum absolute atomic E-state index is 0.166. The Labute approximate surface area is 163 Å². The fourth-order valence-corrected chi connectivity index (χ4v) is 4.00. The first kappa shape index (κ1) is 18.7. The number of hydrogen-bond acceptors (Lipinski definition) is 3. The van der Waals surface area contributed by atoms with Crippen LogP contribution in [0.3, 0.4) is 0 Å². The van der Waals surface area contributed by atoms with E-state index >= 15 is 0 Å². The Bertz CT molecular complexity index is 858. The van der Waals surface area contributed by atoms with Gasteiger partial charge < -0.3 is 15.1 Å². The van der Waals surface area contributed by atoms with Crippen LogP contribution in [-0.4, -0.2) is 50.7 Å². The summed E-state index contributed by atoms with van der Waals surface area (Å²) in [5.74, 6) is -0.233. The summed E-state index contributed by atoms with van der Waals surface area (Å²) in [6.45, 7) is 3.64. The van der Waals surface area contributed by atoms with E-state index in [2.05, 4.69) is 17.3 Å². The molecule has 2 aromatic carbocycles. The molecule has 0 aliphatic carbocycles. The number of urea groups is 1. The average molecular weight is 386 g/mol. The number of anilines is 3. The lowest BCUT2D eigenvalue weighted by Crippen LogP contribution is -2.48. The van der Waals surface area contributed by atoms with E-state index in [0.717, 1.165) is 25.2 Å². The highest BCUT2D eigenvalue weighted by atomic mass is 19.1. The Morgan fingerprint density at radius 3 is 2.50 bits per heavy atom. The predicted octanol–water partition coefficient (Wildman–Crippen LogP) is 3.58. The van der Waals surface area contributed by atoms with Crippen LogP contribution < -0.4 is 15.1 Å². The third-order valence-electron chi connectivity index (χ3n) is 5.48. The van der Waals surface area contributed by atoms with Crippen LogP contribution in [0, 0.1) is 17.6 Å². The molecule has 2 aliphatic rings. The van der Waals surface area contributed by atoms with Gasteiger partial charge in [0.25, 0.3) is 0 Å². The standard InChI is InChI=1S/C21H24F2N4O/c1-25-9-8-15(14-25)13-24-21(28)27-11-10-26(18-5-2-16(22)3-6-18)20-12-17(23)4-7-19(20)27/h2-7,12,15H,8-11,13-14H2,1H3,(H,24,28). The molecule has 2 heterocycles. The quantitative estimate of drug-likeness (QED) is 0.876. The molecule has 0 bridgehead atoms. The highest BCUT2D eigenvalue weighted by molar-refractivity contribution is 5.97. The van der Waals surface area contributed by atoms with Gasteiger partial charge in [-0.15, -0.1) is 0 Å². The molecule has 0 spiro atoms. The first-order valence-corrected chi connectivity index (χ1v) is 9.58. The molecule has 7 heteroatoms. The van der Waals surface area contributed by atoms with Crippen LogP contribution >= 0.6 is 0 Å². The van der Waals surface area contributed by atoms with Gasteiger partial charge in [-0.05, 0) is 68.4 Å². The van der Waals surface area contributed by atoms with Gasteiger partial charge in [0.05, 0.1) is 11.4 Å². The molecule has 2 aromatic rings. The van der Waals surface area contributed by atoms with Crippen LogP contribution in [0.5, 0.6) is 0 Å². The number of fused-ring (bicyclic) bond motifs is 1. The number of nitrogens with zero attached hydrogens (tertiary/aromatic N) is 3. The average Bonchev–Trinajstić information content (AvgIpc) is 3.11. The highest BCUT2D eigenvalue weighted by Crippen LogP contribution is 2.38. The van der Waals surface area contributed by atoms with E-state index < -0.39 is 0 Å². The number of likely N-dealkylation sites (tertiary alicyclic amines) is 1. The van der Waals surface area contributed by atoms with Crippen LogP contribution in [0.2, 0.25) is 0 Å². The van der Waals surface area contributed by atoms with Gasteiger partial charge in [-0.25, -0.2) is 13.6 Å². The van der Waals surface area contributed by atoms with Gasteiger partial charge in [-0.2, -0.15) is 0 Å². The number of carbonyl (C=O) groups excluding carboxylic acids is 1. The molecule has 0 saturated carbocycles. The van der Waals surface area contributed by atoms with Gasteiger partial charge in [0.2, 0.25) is 0 Å². The number of halogens is 2. The second-order valence-corrected chi connectivity index (χ2v) is 7.52. The van der Waals surface area contributed by atoms with Gasteiger partial charge in [0.1, 0.15) is 11.6 Å². The van der Waals surface area contributed by atoms with Crippen LogP contribution in [0.4, 0.5) is 30.6 Å². The van der Waals surface area contributed by atoms with Crippen LogP contribution in [-0.2, 0) is 0 Å². The van der Waals surface area contributed by atoms with Gasteiger partial charge in [-0.1, -0.05) is 0 Å². The monoisotopic (exact) mass is 386 g/mol. The molecule has 1 saturated heterocycles. The topological polar surface area (TPSA) is 38.8 Å². The van der Waals surface area contributed by atoms with Gasteiger partial charge in [0.15, 0.2) is 0 Å². The number of rotatable bonds is 3. The molecule has 4 rings (SSSR count). The molecule has 1 atom stereocenters. The molecule has 0 aromatic heterocycles. The fraction of sp³-hybridized carbons (Fsp3) is 0.381. The van der Waals surface area contributed by atoms with Crippen LogP contribution in [0.25, 0.3) is 0 Å². The Morgan fingerprint density at radius 2 is 1.79 bits per heavy atom. The van der Waals surface area contributed by atoms with Crippen LogP contribution in [0.1, 0.15) is 6.42 Å². The lowest BCUT2D eigenvalue weighted by molar-refractivity contribution is 0.244. The first-order valence-electron chi connectivity index (χ1n) is 9.58.